The first-order valence-corrected chi connectivity index (χ1v) is 6.93. The summed E-state index contributed by atoms with van der Waals surface area (Å²) in [6, 6.07) is 2.69. The van der Waals surface area contributed by atoms with E-state index in [1.165, 1.54) is 11.3 Å². The van der Waals surface area contributed by atoms with Gasteiger partial charge in [0.25, 0.3) is 0 Å². The van der Waals surface area contributed by atoms with Crippen molar-refractivity contribution in [2.24, 2.45) is 0 Å². The van der Waals surface area contributed by atoms with Crippen molar-refractivity contribution in [2.45, 2.75) is 38.6 Å². The Labute approximate surface area is 115 Å². The fourth-order valence-corrected chi connectivity index (χ4v) is 2.64. The monoisotopic (exact) mass is 289 g/mol. The average Bonchev–Trinajstić information content (AvgIpc) is 2.74. The molecular weight excluding hydrogens is 274 g/mol. The molecule has 0 aliphatic carbocycles. The van der Waals surface area contributed by atoms with E-state index in [4.69, 9.17) is 16.7 Å². The van der Waals surface area contributed by atoms with E-state index in [-0.39, 0.29) is 11.8 Å². The van der Waals surface area contributed by atoms with Crippen LogP contribution in [0, 0.1) is 0 Å². The number of thiophene rings is 1. The van der Waals surface area contributed by atoms with Gasteiger partial charge < -0.3 is 10.4 Å². The van der Waals surface area contributed by atoms with E-state index in [9.17, 15) is 9.59 Å². The number of carbonyl (C=O) groups is 2. The Morgan fingerprint density at radius 1 is 1.50 bits per heavy atom. The maximum Gasteiger partial charge on any atom is 0.326 e. The van der Waals surface area contributed by atoms with Gasteiger partial charge in [-0.15, -0.1) is 11.3 Å². The molecule has 0 bridgehead atoms. The van der Waals surface area contributed by atoms with Crippen molar-refractivity contribution in [3.63, 3.8) is 0 Å². The van der Waals surface area contributed by atoms with Gasteiger partial charge >= 0.3 is 5.97 Å². The number of amides is 1. The zero-order chi connectivity index (χ0) is 13.7. The Kier molecular flexibility index (Phi) is 5.62. The Balaban J connectivity index is 2.66. The number of carbonyl (C=O) groups excluding carboxylic acids is 1. The molecule has 2 N–H and O–H groups in total. The minimum Gasteiger partial charge on any atom is -0.480 e. The maximum absolute atomic E-state index is 11.9. The summed E-state index contributed by atoms with van der Waals surface area (Å²) in [6.45, 7) is 3.62. The highest BCUT2D eigenvalue weighted by molar-refractivity contribution is 7.16. The predicted molar refractivity (Wildman–Crippen MR) is 72.2 cm³/mol. The van der Waals surface area contributed by atoms with Gasteiger partial charge in [-0.05, 0) is 25.5 Å². The lowest BCUT2D eigenvalue weighted by atomic mass is 10.1. The second kappa shape index (κ2) is 6.75. The van der Waals surface area contributed by atoms with E-state index in [2.05, 4.69) is 5.32 Å². The van der Waals surface area contributed by atoms with Crippen molar-refractivity contribution >= 4 is 34.8 Å². The number of aliphatic carboxylic acids is 1. The third kappa shape index (κ3) is 3.99. The number of rotatable bonds is 6. The van der Waals surface area contributed by atoms with Gasteiger partial charge in [-0.1, -0.05) is 24.9 Å². The van der Waals surface area contributed by atoms with Crippen LogP contribution in [0.4, 0.5) is 0 Å². The molecule has 1 heterocycles. The third-order valence-electron chi connectivity index (χ3n) is 2.61. The first-order valence-electron chi connectivity index (χ1n) is 5.74. The van der Waals surface area contributed by atoms with Crippen LogP contribution in [0.1, 0.15) is 37.5 Å². The van der Waals surface area contributed by atoms with E-state index in [1.807, 2.05) is 6.92 Å². The smallest absolute Gasteiger partial charge is 0.326 e. The van der Waals surface area contributed by atoms with Gasteiger partial charge in [-0.3, -0.25) is 4.79 Å². The largest absolute Gasteiger partial charge is 0.480 e. The third-order valence-corrected chi connectivity index (χ3v) is 4.02. The Morgan fingerprint density at radius 3 is 2.61 bits per heavy atom. The van der Waals surface area contributed by atoms with Crippen LogP contribution < -0.4 is 5.32 Å². The van der Waals surface area contributed by atoms with Crippen molar-refractivity contribution in [1.29, 1.82) is 0 Å². The molecular formula is C12H16ClNO3S. The predicted octanol–water partition coefficient (Wildman–Crippen LogP) is 2.87. The van der Waals surface area contributed by atoms with Gasteiger partial charge in [0.05, 0.1) is 10.3 Å². The van der Waals surface area contributed by atoms with E-state index < -0.39 is 12.0 Å². The molecule has 2 atom stereocenters. The van der Waals surface area contributed by atoms with Crippen LogP contribution in [0.5, 0.6) is 0 Å². The average molecular weight is 290 g/mol. The van der Waals surface area contributed by atoms with Gasteiger partial charge in [0, 0.05) is 4.88 Å². The number of nitrogens with one attached hydrogen (secondary N) is 1. The highest BCUT2D eigenvalue weighted by Gasteiger charge is 2.23. The van der Waals surface area contributed by atoms with Gasteiger partial charge in [0.2, 0.25) is 5.91 Å². The molecule has 1 aromatic rings. The van der Waals surface area contributed by atoms with E-state index in [1.54, 1.807) is 19.1 Å². The molecule has 0 saturated carbocycles. The minimum absolute atomic E-state index is 0.283. The number of halogens is 1. The molecule has 0 aromatic carbocycles. The fourth-order valence-electron chi connectivity index (χ4n) is 1.53. The minimum atomic E-state index is -0.999. The fraction of sp³-hybridized carbons (Fsp3) is 0.500. The first kappa shape index (κ1) is 15.0. The van der Waals surface area contributed by atoms with Crippen LogP contribution in [0.2, 0.25) is 4.34 Å². The molecule has 1 amide bonds. The molecule has 100 valence electrons. The van der Waals surface area contributed by atoms with Crippen LogP contribution in [0.3, 0.4) is 0 Å². The van der Waals surface area contributed by atoms with Crippen LogP contribution in [-0.2, 0) is 9.59 Å². The maximum atomic E-state index is 11.9. The van der Waals surface area contributed by atoms with Crippen molar-refractivity contribution in [3.8, 4) is 0 Å². The lowest BCUT2D eigenvalue weighted by Gasteiger charge is -2.16. The van der Waals surface area contributed by atoms with Crippen molar-refractivity contribution in [1.82, 2.24) is 5.32 Å². The highest BCUT2D eigenvalue weighted by atomic mass is 35.5. The molecule has 6 heteroatoms. The van der Waals surface area contributed by atoms with Crippen molar-refractivity contribution in [3.05, 3.63) is 21.3 Å². The standard InChI is InChI=1S/C12H16ClNO3S/c1-3-4-8(12(16)17)14-11(15)7(2)9-5-6-10(13)18-9/h5-8H,3-4H2,1-2H3,(H,14,15)(H,16,17). The normalized spacial score (nSPS) is 13.9. The first-order chi connectivity index (χ1) is 8.45. The molecule has 0 spiro atoms. The topological polar surface area (TPSA) is 66.4 Å². The van der Waals surface area contributed by atoms with Gasteiger partial charge in [-0.25, -0.2) is 4.79 Å². The second-order valence-corrected chi connectivity index (χ2v) is 5.80. The Morgan fingerprint density at radius 2 is 2.17 bits per heavy atom. The summed E-state index contributed by atoms with van der Waals surface area (Å²) < 4.78 is 0.619. The molecule has 0 aliphatic heterocycles. The summed E-state index contributed by atoms with van der Waals surface area (Å²) in [6.07, 6.45) is 1.13. The number of carboxylic acid groups (broad SMARTS) is 1. The summed E-state index contributed by atoms with van der Waals surface area (Å²) in [4.78, 5) is 23.7. The number of hydrogen-bond acceptors (Lipinski definition) is 3. The van der Waals surface area contributed by atoms with Crippen molar-refractivity contribution in [2.75, 3.05) is 0 Å². The lowest BCUT2D eigenvalue weighted by Crippen LogP contribution is -2.42. The molecule has 2 unspecified atom stereocenters. The molecule has 0 aliphatic rings. The van der Waals surface area contributed by atoms with Crippen LogP contribution in [0.25, 0.3) is 0 Å². The SMILES string of the molecule is CCCC(NC(=O)C(C)c1ccc(Cl)s1)C(=O)O. The summed E-state index contributed by atoms with van der Waals surface area (Å²) >= 11 is 7.14. The molecule has 4 nitrogen and oxygen atoms in total. The Bertz CT molecular complexity index is 433. The molecule has 0 fully saturated rings. The van der Waals surface area contributed by atoms with E-state index >= 15 is 0 Å². The molecule has 1 aromatic heterocycles. The zero-order valence-electron chi connectivity index (χ0n) is 10.3. The molecule has 0 radical (unpaired) electrons. The Hall–Kier alpha value is -1.07. The van der Waals surface area contributed by atoms with Gasteiger partial charge in [-0.2, -0.15) is 0 Å². The molecule has 1 rings (SSSR count). The van der Waals surface area contributed by atoms with Crippen molar-refractivity contribution < 1.29 is 14.7 Å². The number of carboxylic acids is 1. The highest BCUT2D eigenvalue weighted by Crippen LogP contribution is 2.28. The van der Waals surface area contributed by atoms with E-state index in [0.717, 1.165) is 4.88 Å². The summed E-state index contributed by atoms with van der Waals surface area (Å²) in [5, 5.41) is 11.5. The zero-order valence-corrected chi connectivity index (χ0v) is 11.8. The molecule has 0 saturated heterocycles. The van der Waals surface area contributed by atoms with E-state index in [0.29, 0.717) is 17.2 Å². The summed E-state index contributed by atoms with van der Waals surface area (Å²) in [5.41, 5.74) is 0. The van der Waals surface area contributed by atoms with Gasteiger partial charge in [0.1, 0.15) is 6.04 Å². The van der Waals surface area contributed by atoms with Gasteiger partial charge in [0.15, 0.2) is 0 Å². The van der Waals surface area contributed by atoms with Crippen LogP contribution in [-0.4, -0.2) is 23.0 Å². The number of hydrogen-bond donors (Lipinski definition) is 2. The summed E-state index contributed by atoms with van der Waals surface area (Å²) in [7, 11) is 0. The van der Waals surface area contributed by atoms with Crippen LogP contribution >= 0.6 is 22.9 Å². The quantitative estimate of drug-likeness (QED) is 0.846. The summed E-state index contributed by atoms with van der Waals surface area (Å²) in [5.74, 6) is -1.67. The van der Waals surface area contributed by atoms with Crippen LogP contribution in [0.15, 0.2) is 12.1 Å². The second-order valence-electron chi connectivity index (χ2n) is 4.05. The molecule has 18 heavy (non-hydrogen) atoms. The lowest BCUT2D eigenvalue weighted by molar-refractivity contribution is -0.142.